The van der Waals surface area contributed by atoms with Gasteiger partial charge < -0.3 is 14.0 Å². The van der Waals surface area contributed by atoms with Gasteiger partial charge in [0.1, 0.15) is 11.8 Å². The first kappa shape index (κ1) is 27.1. The molecule has 2 aromatic heterocycles. The van der Waals surface area contributed by atoms with Crippen LogP contribution >= 0.6 is 0 Å². The normalized spacial score (nSPS) is 20.4. The van der Waals surface area contributed by atoms with Gasteiger partial charge in [0.15, 0.2) is 11.8 Å². The van der Waals surface area contributed by atoms with E-state index in [0.29, 0.717) is 63.2 Å². The van der Waals surface area contributed by atoms with Crippen LogP contribution in [0, 0.1) is 25.2 Å². The first-order chi connectivity index (χ1) is 19.6. The Morgan fingerprint density at radius 3 is 2.46 bits per heavy atom. The van der Waals surface area contributed by atoms with Gasteiger partial charge in [0, 0.05) is 47.6 Å². The van der Waals surface area contributed by atoms with Crippen molar-refractivity contribution in [2.45, 2.75) is 50.4 Å². The number of halogens is 1. The highest BCUT2D eigenvalue weighted by Crippen LogP contribution is 2.49. The van der Waals surface area contributed by atoms with Crippen LogP contribution in [0.15, 0.2) is 77.0 Å². The van der Waals surface area contributed by atoms with Gasteiger partial charge >= 0.3 is 0 Å². The number of para-hydroxylation sites is 1. The van der Waals surface area contributed by atoms with Crippen molar-refractivity contribution in [3.8, 4) is 17.2 Å². The summed E-state index contributed by atoms with van der Waals surface area (Å²) >= 11 is 0. The third-order valence-corrected chi connectivity index (χ3v) is 10.3. The number of aryl methyl sites for hydroxylation is 1. The van der Waals surface area contributed by atoms with Gasteiger partial charge in [-0.05, 0) is 57.0 Å². The van der Waals surface area contributed by atoms with E-state index < -0.39 is 21.8 Å². The van der Waals surface area contributed by atoms with Gasteiger partial charge in [0.25, 0.3) is 10.0 Å². The summed E-state index contributed by atoms with van der Waals surface area (Å²) in [5.74, 6) is 0.338. The molecule has 3 heterocycles. The van der Waals surface area contributed by atoms with E-state index in [2.05, 4.69) is 6.07 Å². The molecule has 0 amide bonds. The summed E-state index contributed by atoms with van der Waals surface area (Å²) in [5, 5.41) is 11.2. The molecular formula is C32H30FN3O4S. The van der Waals surface area contributed by atoms with Gasteiger partial charge in [-0.15, -0.1) is 0 Å². The van der Waals surface area contributed by atoms with Crippen LogP contribution in [0.1, 0.15) is 35.9 Å². The lowest BCUT2D eigenvalue weighted by Gasteiger charge is -2.39. The van der Waals surface area contributed by atoms with Gasteiger partial charge in [-0.1, -0.05) is 35.9 Å². The Hall–Kier alpha value is -4.13. The minimum atomic E-state index is -3.93. The molecule has 1 aliphatic carbocycles. The maximum atomic E-state index is 16.0. The second kappa shape index (κ2) is 9.47. The van der Waals surface area contributed by atoms with Gasteiger partial charge in [-0.25, -0.2) is 16.8 Å². The number of alkyl halides is 1. The number of rotatable bonds is 5. The van der Waals surface area contributed by atoms with E-state index in [1.165, 1.54) is 18.2 Å². The standard InChI is InChI=1S/C32H30FN3O4S/c1-19-10-12-21(13-11-19)41(37,38)36-18-26(22-8-6-7-9-27(22)36)29-20(2)35-15-14-23-24(30(35)25(29)17-34)16-28(39-4)32(3,40-5)31(23)33/h6-13,16,18,31H,14-15H2,1-5H3. The minimum Gasteiger partial charge on any atom is -0.498 e. The molecular weight excluding hydrogens is 541 g/mol. The number of nitriles is 1. The Labute approximate surface area is 238 Å². The molecule has 0 radical (unpaired) electrons. The van der Waals surface area contributed by atoms with Crippen molar-refractivity contribution < 1.29 is 22.3 Å². The molecule has 0 bridgehead atoms. The average molecular weight is 572 g/mol. The molecule has 4 aromatic rings. The highest BCUT2D eigenvalue weighted by atomic mass is 32.2. The number of benzene rings is 2. The largest absolute Gasteiger partial charge is 0.498 e. The second-order valence-corrected chi connectivity index (χ2v) is 12.5. The quantitative estimate of drug-likeness (QED) is 0.281. The number of aromatic nitrogens is 2. The molecule has 6 rings (SSSR count). The monoisotopic (exact) mass is 571 g/mol. The molecule has 41 heavy (non-hydrogen) atoms. The van der Waals surface area contributed by atoms with Gasteiger partial charge in [0.05, 0.1) is 28.8 Å². The molecule has 7 nitrogen and oxygen atoms in total. The van der Waals surface area contributed by atoms with Crippen molar-refractivity contribution in [2.24, 2.45) is 0 Å². The SMILES string of the molecule is COC1=CC2=C(CCn3c(C)c(-c4cn(S(=O)(=O)c5ccc(C)cc5)c5ccccc45)c(C#N)c32)C(F)C1(C)OC. The Bertz CT molecular complexity index is 1940. The lowest BCUT2D eigenvalue weighted by Crippen LogP contribution is -2.45. The molecule has 2 atom stereocenters. The Morgan fingerprint density at radius 1 is 1.10 bits per heavy atom. The van der Waals surface area contributed by atoms with Gasteiger partial charge in [-0.2, -0.15) is 5.26 Å². The molecule has 0 N–H and O–H groups in total. The van der Waals surface area contributed by atoms with Crippen LogP contribution in [0.5, 0.6) is 0 Å². The summed E-state index contributed by atoms with van der Waals surface area (Å²) in [7, 11) is -0.990. The van der Waals surface area contributed by atoms with E-state index in [-0.39, 0.29) is 4.90 Å². The minimum absolute atomic E-state index is 0.174. The summed E-state index contributed by atoms with van der Waals surface area (Å²) in [6.45, 7) is 5.96. The number of methoxy groups -OCH3 is 2. The van der Waals surface area contributed by atoms with Crippen LogP contribution in [-0.4, -0.2) is 42.9 Å². The van der Waals surface area contributed by atoms with Crippen molar-refractivity contribution in [2.75, 3.05) is 14.2 Å². The first-order valence-electron chi connectivity index (χ1n) is 13.3. The van der Waals surface area contributed by atoms with Gasteiger partial charge in [0.2, 0.25) is 0 Å². The fraction of sp³-hybridized carbons (Fsp3) is 0.281. The molecule has 2 unspecified atom stereocenters. The molecule has 210 valence electrons. The van der Waals surface area contributed by atoms with Crippen LogP contribution in [0.3, 0.4) is 0 Å². The molecule has 9 heteroatoms. The predicted octanol–water partition coefficient (Wildman–Crippen LogP) is 6.28. The maximum absolute atomic E-state index is 16.0. The molecule has 1 aliphatic heterocycles. The number of ether oxygens (including phenoxy) is 2. The van der Waals surface area contributed by atoms with E-state index in [1.54, 1.807) is 55.6 Å². The van der Waals surface area contributed by atoms with Crippen LogP contribution in [0.25, 0.3) is 27.6 Å². The van der Waals surface area contributed by atoms with E-state index in [1.807, 2.05) is 30.5 Å². The van der Waals surface area contributed by atoms with E-state index in [4.69, 9.17) is 9.47 Å². The molecule has 0 saturated heterocycles. The summed E-state index contributed by atoms with van der Waals surface area (Å²) in [5.41, 5.74) is 4.40. The van der Waals surface area contributed by atoms with Crippen LogP contribution in [-0.2, 0) is 26.0 Å². The zero-order valence-electron chi connectivity index (χ0n) is 23.5. The van der Waals surface area contributed by atoms with Crippen LogP contribution in [0.2, 0.25) is 0 Å². The fourth-order valence-corrected chi connectivity index (χ4v) is 7.62. The lowest BCUT2D eigenvalue weighted by molar-refractivity contribution is -0.0509. The zero-order valence-corrected chi connectivity index (χ0v) is 24.3. The van der Waals surface area contributed by atoms with Crippen molar-refractivity contribution in [1.29, 1.82) is 5.26 Å². The zero-order chi connectivity index (χ0) is 29.3. The number of nitrogens with zero attached hydrogens (tertiary/aromatic N) is 3. The molecule has 0 spiro atoms. The first-order valence-corrected chi connectivity index (χ1v) is 14.8. The molecule has 2 aromatic carbocycles. The van der Waals surface area contributed by atoms with Crippen LogP contribution in [0.4, 0.5) is 4.39 Å². The number of allylic oxidation sites excluding steroid dienone is 2. The highest BCUT2D eigenvalue weighted by Gasteiger charge is 2.47. The summed E-state index contributed by atoms with van der Waals surface area (Å²) < 4.78 is 58.2. The van der Waals surface area contributed by atoms with E-state index in [9.17, 15) is 13.7 Å². The Morgan fingerprint density at radius 2 is 1.80 bits per heavy atom. The topological polar surface area (TPSA) is 86.2 Å². The van der Waals surface area contributed by atoms with Crippen molar-refractivity contribution >= 4 is 26.5 Å². The number of fused-ring (bicyclic) bond motifs is 3. The lowest BCUT2D eigenvalue weighted by atomic mass is 9.79. The third kappa shape index (κ3) is 3.74. The maximum Gasteiger partial charge on any atom is 0.268 e. The molecule has 2 aliphatic rings. The van der Waals surface area contributed by atoms with E-state index >= 15 is 4.39 Å². The average Bonchev–Trinajstić information content (AvgIpc) is 3.50. The number of hydrogen-bond donors (Lipinski definition) is 0. The summed E-state index contributed by atoms with van der Waals surface area (Å²) in [4.78, 5) is 0.174. The van der Waals surface area contributed by atoms with Crippen molar-refractivity contribution in [3.63, 3.8) is 0 Å². The Kier molecular flexibility index (Phi) is 6.25. The van der Waals surface area contributed by atoms with Crippen molar-refractivity contribution in [1.82, 2.24) is 8.54 Å². The Balaban J connectivity index is 1.61. The van der Waals surface area contributed by atoms with Gasteiger partial charge in [-0.3, -0.25) is 0 Å². The molecule has 0 fully saturated rings. The molecule has 0 saturated carbocycles. The summed E-state index contributed by atoms with van der Waals surface area (Å²) in [6, 6.07) is 16.4. The third-order valence-electron chi connectivity index (χ3n) is 8.56. The smallest absolute Gasteiger partial charge is 0.268 e. The van der Waals surface area contributed by atoms with Crippen molar-refractivity contribution in [3.05, 3.63) is 94.7 Å². The van der Waals surface area contributed by atoms with Crippen LogP contribution < -0.4 is 0 Å². The second-order valence-electron chi connectivity index (χ2n) is 10.7. The summed E-state index contributed by atoms with van der Waals surface area (Å²) in [6.07, 6.45) is 2.36. The number of hydrogen-bond acceptors (Lipinski definition) is 5. The highest BCUT2D eigenvalue weighted by molar-refractivity contribution is 7.90. The predicted molar refractivity (Wildman–Crippen MR) is 156 cm³/mol. The van der Waals surface area contributed by atoms with E-state index in [0.717, 1.165) is 11.3 Å². The fourth-order valence-electron chi connectivity index (χ4n) is 6.25.